The van der Waals surface area contributed by atoms with Gasteiger partial charge in [0.15, 0.2) is 0 Å². The number of nitrogens with zero attached hydrogens (tertiary/aromatic N) is 1. The quantitative estimate of drug-likeness (QED) is 0.383. The molecule has 1 aromatic rings. The maximum Gasteiger partial charge on any atom is 0.289 e. The van der Waals surface area contributed by atoms with E-state index in [4.69, 9.17) is 26.8 Å². The van der Waals surface area contributed by atoms with Gasteiger partial charge in [-0.05, 0) is 24.1 Å². The number of carbonyl (C=O) groups excluding carboxylic acids is 3. The molecule has 0 bridgehead atoms. The average Bonchev–Trinajstić information content (AvgIpc) is 3.05. The normalized spacial score (nSPS) is 16.4. The molecule has 1 aromatic carbocycles. The van der Waals surface area contributed by atoms with E-state index in [9.17, 15) is 14.4 Å². The summed E-state index contributed by atoms with van der Waals surface area (Å²) in [6.07, 6.45) is 0.594. The number of nitrogens with two attached hydrogens (primary N) is 1. The van der Waals surface area contributed by atoms with Gasteiger partial charge in [0.25, 0.3) is 5.91 Å². The molecule has 1 saturated heterocycles. The van der Waals surface area contributed by atoms with Gasteiger partial charge in [-0.1, -0.05) is 23.7 Å². The van der Waals surface area contributed by atoms with Crippen LogP contribution in [0.1, 0.15) is 18.4 Å². The minimum Gasteiger partial charge on any atom is -0.378 e. The zero-order valence-electron chi connectivity index (χ0n) is 15.7. The molecule has 8 nitrogen and oxygen atoms in total. The maximum atomic E-state index is 12.5. The molecule has 2 amide bonds. The topological polar surface area (TPSA) is 111 Å². The Morgan fingerprint density at radius 3 is 2.50 bits per heavy atom. The van der Waals surface area contributed by atoms with Gasteiger partial charge < -0.3 is 25.4 Å². The highest BCUT2D eigenvalue weighted by atomic mass is 35.5. The molecule has 0 spiro atoms. The lowest BCUT2D eigenvalue weighted by atomic mass is 10.1. The van der Waals surface area contributed by atoms with Gasteiger partial charge in [-0.25, -0.2) is 0 Å². The van der Waals surface area contributed by atoms with Gasteiger partial charge in [0.2, 0.25) is 11.7 Å². The van der Waals surface area contributed by atoms with Crippen LogP contribution in [-0.4, -0.2) is 68.1 Å². The number of nitrogens with one attached hydrogen (secondary N) is 1. The van der Waals surface area contributed by atoms with E-state index in [-0.39, 0.29) is 32.0 Å². The van der Waals surface area contributed by atoms with Gasteiger partial charge >= 0.3 is 0 Å². The zero-order chi connectivity index (χ0) is 20.4. The highest BCUT2D eigenvalue weighted by Gasteiger charge is 2.38. The molecular formula is C19H26ClN3O5. The van der Waals surface area contributed by atoms with E-state index in [2.05, 4.69) is 5.32 Å². The summed E-state index contributed by atoms with van der Waals surface area (Å²) in [7, 11) is 0. The van der Waals surface area contributed by atoms with Crippen molar-refractivity contribution in [2.75, 3.05) is 39.5 Å². The minimum absolute atomic E-state index is 0.137. The Morgan fingerprint density at radius 2 is 1.82 bits per heavy atom. The van der Waals surface area contributed by atoms with Crippen molar-refractivity contribution in [2.24, 2.45) is 5.73 Å². The summed E-state index contributed by atoms with van der Waals surface area (Å²) < 4.78 is 10.5. The lowest BCUT2D eigenvalue weighted by Crippen LogP contribution is -2.46. The van der Waals surface area contributed by atoms with E-state index in [1.807, 2.05) is 0 Å². The number of likely N-dealkylation sites (tertiary alicyclic amines) is 1. The number of ketones is 1. The molecule has 1 aliphatic rings. The summed E-state index contributed by atoms with van der Waals surface area (Å²) in [4.78, 5) is 38.2. The Hall–Kier alpha value is -2.00. The summed E-state index contributed by atoms with van der Waals surface area (Å²) in [6, 6.07) is 6.30. The minimum atomic E-state index is -0.742. The molecule has 1 heterocycles. The second kappa shape index (κ2) is 11.8. The fourth-order valence-corrected chi connectivity index (χ4v) is 3.00. The monoisotopic (exact) mass is 411 g/mol. The van der Waals surface area contributed by atoms with Crippen LogP contribution in [0.15, 0.2) is 24.3 Å². The fourth-order valence-electron chi connectivity index (χ4n) is 2.87. The first-order valence-electron chi connectivity index (χ1n) is 9.24. The smallest absolute Gasteiger partial charge is 0.289 e. The summed E-state index contributed by atoms with van der Waals surface area (Å²) in [6.45, 7) is 2.48. The van der Waals surface area contributed by atoms with E-state index < -0.39 is 17.7 Å². The molecule has 2 rings (SSSR count). The molecule has 1 fully saturated rings. The third-order valence-electron chi connectivity index (χ3n) is 4.29. The van der Waals surface area contributed by atoms with Crippen molar-refractivity contribution in [1.82, 2.24) is 10.2 Å². The third kappa shape index (κ3) is 6.87. The molecule has 0 aliphatic carbocycles. The van der Waals surface area contributed by atoms with E-state index in [0.29, 0.717) is 37.8 Å². The molecule has 0 radical (unpaired) electrons. The van der Waals surface area contributed by atoms with Gasteiger partial charge in [0.05, 0.1) is 26.4 Å². The largest absolute Gasteiger partial charge is 0.378 e. The number of amides is 2. The van der Waals surface area contributed by atoms with Gasteiger partial charge in [-0.2, -0.15) is 0 Å². The van der Waals surface area contributed by atoms with Crippen LogP contribution in [0.5, 0.6) is 0 Å². The molecule has 1 unspecified atom stereocenters. The molecular weight excluding hydrogens is 386 g/mol. The summed E-state index contributed by atoms with van der Waals surface area (Å²) in [5, 5.41) is 3.13. The van der Waals surface area contributed by atoms with Gasteiger partial charge in [0.1, 0.15) is 6.04 Å². The number of halogens is 1. The first-order chi connectivity index (χ1) is 13.5. The third-order valence-corrected chi connectivity index (χ3v) is 4.54. The molecule has 1 aliphatic heterocycles. The van der Waals surface area contributed by atoms with Crippen LogP contribution in [0.4, 0.5) is 0 Å². The summed E-state index contributed by atoms with van der Waals surface area (Å²) >= 11 is 5.87. The Balaban J connectivity index is 1.76. The van der Waals surface area contributed by atoms with Gasteiger partial charge in [-0.3, -0.25) is 14.4 Å². The number of ether oxygens (including phenoxy) is 2. The van der Waals surface area contributed by atoms with Crippen LogP contribution in [0.2, 0.25) is 5.02 Å². The Morgan fingerprint density at radius 1 is 1.14 bits per heavy atom. The molecule has 154 valence electrons. The van der Waals surface area contributed by atoms with Gasteiger partial charge in [-0.15, -0.1) is 0 Å². The van der Waals surface area contributed by atoms with Gasteiger partial charge in [0, 0.05) is 31.1 Å². The predicted molar refractivity (Wildman–Crippen MR) is 104 cm³/mol. The van der Waals surface area contributed by atoms with Crippen molar-refractivity contribution in [3.63, 3.8) is 0 Å². The fraction of sp³-hybridized carbons (Fsp3) is 0.526. The lowest BCUT2D eigenvalue weighted by Gasteiger charge is -2.23. The van der Waals surface area contributed by atoms with Crippen molar-refractivity contribution in [3.05, 3.63) is 34.9 Å². The maximum absolute atomic E-state index is 12.5. The Kier molecular flexibility index (Phi) is 9.36. The number of benzene rings is 1. The number of hydrogen-bond donors (Lipinski definition) is 2. The highest BCUT2D eigenvalue weighted by molar-refractivity contribution is 6.38. The SMILES string of the molecule is NCCOCCOCCNC(=O)C(=O)C1CCC(=O)N1Cc1ccc(Cl)cc1. The number of rotatable bonds is 12. The van der Waals surface area contributed by atoms with Crippen LogP contribution in [0.3, 0.4) is 0 Å². The van der Waals surface area contributed by atoms with Crippen LogP contribution in [0.25, 0.3) is 0 Å². The standard InChI is InChI=1S/C19H26ClN3O5/c20-15-3-1-14(2-4-15)13-23-16(5-6-17(23)24)18(25)19(26)22-8-10-28-12-11-27-9-7-21/h1-4,16H,5-13,21H2,(H,22,26). The van der Waals surface area contributed by atoms with Crippen LogP contribution in [0, 0.1) is 0 Å². The number of carbonyl (C=O) groups is 3. The molecule has 1 atom stereocenters. The van der Waals surface area contributed by atoms with Crippen molar-refractivity contribution < 1.29 is 23.9 Å². The number of hydrogen-bond acceptors (Lipinski definition) is 6. The van der Waals surface area contributed by atoms with Crippen molar-refractivity contribution >= 4 is 29.2 Å². The lowest BCUT2D eigenvalue weighted by molar-refractivity contribution is -0.143. The second-order valence-corrected chi connectivity index (χ2v) is 6.77. The average molecular weight is 412 g/mol. The predicted octanol–water partition coefficient (Wildman–Crippen LogP) is 0.508. The molecule has 3 N–H and O–H groups in total. The van der Waals surface area contributed by atoms with E-state index in [1.54, 1.807) is 24.3 Å². The molecule has 9 heteroatoms. The van der Waals surface area contributed by atoms with Crippen molar-refractivity contribution in [3.8, 4) is 0 Å². The van der Waals surface area contributed by atoms with E-state index in [0.717, 1.165) is 5.56 Å². The van der Waals surface area contributed by atoms with Crippen LogP contribution >= 0.6 is 11.6 Å². The number of Topliss-reactive ketones (excluding diaryl/α,β-unsaturated/α-hetero) is 1. The molecule has 0 aromatic heterocycles. The zero-order valence-corrected chi connectivity index (χ0v) is 16.5. The molecule has 0 saturated carbocycles. The summed E-state index contributed by atoms with van der Waals surface area (Å²) in [5.41, 5.74) is 6.15. The van der Waals surface area contributed by atoms with E-state index >= 15 is 0 Å². The first kappa shape index (κ1) is 22.3. The first-order valence-corrected chi connectivity index (χ1v) is 9.62. The van der Waals surface area contributed by atoms with Crippen molar-refractivity contribution in [2.45, 2.75) is 25.4 Å². The second-order valence-electron chi connectivity index (χ2n) is 6.34. The Labute approximate surface area is 169 Å². The van der Waals surface area contributed by atoms with E-state index in [1.165, 1.54) is 4.90 Å². The Bertz CT molecular complexity index is 668. The van der Waals surface area contributed by atoms with Crippen LogP contribution < -0.4 is 11.1 Å². The highest BCUT2D eigenvalue weighted by Crippen LogP contribution is 2.23. The molecule has 28 heavy (non-hydrogen) atoms. The van der Waals surface area contributed by atoms with Crippen LogP contribution in [-0.2, 0) is 30.4 Å². The van der Waals surface area contributed by atoms with Crippen molar-refractivity contribution in [1.29, 1.82) is 0 Å². The summed E-state index contributed by atoms with van der Waals surface area (Å²) in [5.74, 6) is -1.45.